The number of aliphatic carboxylic acids is 1. The second-order valence-corrected chi connectivity index (χ2v) is 4.45. The first-order valence-electron chi connectivity index (χ1n) is 5.39. The number of carbonyl (C=O) groups excluding carboxylic acids is 1. The maximum atomic E-state index is 11.8. The highest BCUT2D eigenvalue weighted by molar-refractivity contribution is 5.85. The van der Waals surface area contributed by atoms with Crippen LogP contribution in [0.15, 0.2) is 0 Å². The van der Waals surface area contributed by atoms with Crippen molar-refractivity contribution in [3.05, 3.63) is 0 Å². The van der Waals surface area contributed by atoms with Gasteiger partial charge >= 0.3 is 5.97 Å². The van der Waals surface area contributed by atoms with Gasteiger partial charge in [-0.3, -0.25) is 9.59 Å². The van der Waals surface area contributed by atoms with Gasteiger partial charge in [-0.1, -0.05) is 0 Å². The molecule has 0 aromatic heterocycles. The highest BCUT2D eigenvalue weighted by Crippen LogP contribution is 2.26. The molecule has 0 spiro atoms. The van der Waals surface area contributed by atoms with Gasteiger partial charge in [0.15, 0.2) is 0 Å². The molecule has 1 heterocycles. The van der Waals surface area contributed by atoms with E-state index in [9.17, 15) is 9.59 Å². The molecule has 0 radical (unpaired) electrons. The zero-order valence-electron chi connectivity index (χ0n) is 9.64. The fourth-order valence-electron chi connectivity index (χ4n) is 2.07. The summed E-state index contributed by atoms with van der Waals surface area (Å²) in [5.41, 5.74) is 10.00. The lowest BCUT2D eigenvalue weighted by atomic mass is 9.82. The second kappa shape index (κ2) is 4.39. The number of nitrogens with two attached hydrogens (primary N) is 2. The minimum Gasteiger partial charge on any atom is -0.480 e. The van der Waals surface area contributed by atoms with Crippen LogP contribution in [-0.4, -0.2) is 46.1 Å². The predicted molar refractivity (Wildman–Crippen MR) is 58.6 cm³/mol. The lowest BCUT2D eigenvalue weighted by molar-refractivity contribution is -0.151. The Hall–Kier alpha value is -1.14. The van der Waals surface area contributed by atoms with Crippen molar-refractivity contribution in [3.8, 4) is 0 Å². The summed E-state index contributed by atoms with van der Waals surface area (Å²) in [4.78, 5) is 24.4. The maximum Gasteiger partial charge on any atom is 0.325 e. The molecule has 0 bridgehead atoms. The van der Waals surface area contributed by atoms with Crippen molar-refractivity contribution in [1.29, 1.82) is 0 Å². The van der Waals surface area contributed by atoms with E-state index in [1.807, 2.05) is 0 Å². The summed E-state index contributed by atoms with van der Waals surface area (Å²) in [5.74, 6) is -1.31. The Morgan fingerprint density at radius 3 is 2.56 bits per heavy atom. The van der Waals surface area contributed by atoms with E-state index in [2.05, 4.69) is 0 Å². The lowest BCUT2D eigenvalue weighted by Gasteiger charge is -2.44. The fourth-order valence-corrected chi connectivity index (χ4v) is 2.07. The number of amides is 1. The monoisotopic (exact) mass is 229 g/mol. The number of carboxylic acid groups (broad SMARTS) is 1. The molecular formula is C10H19N3O3. The van der Waals surface area contributed by atoms with Gasteiger partial charge in [0.05, 0.1) is 12.1 Å². The van der Waals surface area contributed by atoms with Gasteiger partial charge in [0.2, 0.25) is 5.91 Å². The number of rotatable bonds is 2. The van der Waals surface area contributed by atoms with Crippen LogP contribution in [0.5, 0.6) is 0 Å². The summed E-state index contributed by atoms with van der Waals surface area (Å²) in [5, 5.41) is 9.11. The van der Waals surface area contributed by atoms with Crippen LogP contribution in [0.3, 0.4) is 0 Å². The Balaban J connectivity index is 2.91. The van der Waals surface area contributed by atoms with Crippen molar-refractivity contribution in [2.45, 2.75) is 44.3 Å². The normalized spacial score (nSPS) is 32.2. The van der Waals surface area contributed by atoms with Crippen molar-refractivity contribution >= 4 is 11.9 Å². The van der Waals surface area contributed by atoms with Gasteiger partial charge in [-0.15, -0.1) is 0 Å². The predicted octanol–water partition coefficient (Wildman–Crippen LogP) is -0.873. The van der Waals surface area contributed by atoms with E-state index in [4.69, 9.17) is 16.6 Å². The highest BCUT2D eigenvalue weighted by atomic mass is 16.4. The molecule has 1 amide bonds. The maximum absolute atomic E-state index is 11.8. The SMILES string of the molecule is C[C@H](N)C(=O)N1CCC[C@](N)(C(=O)O)[C@@H]1C. The van der Waals surface area contributed by atoms with E-state index in [0.717, 1.165) is 0 Å². The smallest absolute Gasteiger partial charge is 0.325 e. The molecule has 0 unspecified atom stereocenters. The van der Waals surface area contributed by atoms with Crippen LogP contribution in [0.1, 0.15) is 26.7 Å². The second-order valence-electron chi connectivity index (χ2n) is 4.45. The molecule has 0 aliphatic carbocycles. The van der Waals surface area contributed by atoms with E-state index in [-0.39, 0.29) is 5.91 Å². The van der Waals surface area contributed by atoms with Crippen molar-refractivity contribution in [3.63, 3.8) is 0 Å². The van der Waals surface area contributed by atoms with Gasteiger partial charge in [-0.25, -0.2) is 0 Å². The lowest BCUT2D eigenvalue weighted by Crippen LogP contribution is -2.67. The number of piperidine rings is 1. The van der Waals surface area contributed by atoms with Crippen molar-refractivity contribution in [2.75, 3.05) is 6.54 Å². The molecule has 1 saturated heterocycles. The molecule has 1 fully saturated rings. The Kier molecular flexibility index (Phi) is 3.54. The van der Waals surface area contributed by atoms with E-state index < -0.39 is 23.6 Å². The first-order chi connectivity index (χ1) is 7.30. The molecule has 92 valence electrons. The van der Waals surface area contributed by atoms with Gasteiger partial charge in [-0.05, 0) is 26.7 Å². The van der Waals surface area contributed by atoms with Gasteiger partial charge in [-0.2, -0.15) is 0 Å². The van der Waals surface area contributed by atoms with Crippen LogP contribution < -0.4 is 11.5 Å². The summed E-state index contributed by atoms with van der Waals surface area (Å²) in [7, 11) is 0. The van der Waals surface area contributed by atoms with Crippen LogP contribution in [0, 0.1) is 0 Å². The third kappa shape index (κ3) is 2.03. The zero-order valence-corrected chi connectivity index (χ0v) is 9.64. The number of likely N-dealkylation sites (tertiary alicyclic amines) is 1. The molecule has 16 heavy (non-hydrogen) atoms. The summed E-state index contributed by atoms with van der Waals surface area (Å²) in [6.07, 6.45) is 0.970. The molecular weight excluding hydrogens is 210 g/mol. The summed E-state index contributed by atoms with van der Waals surface area (Å²) >= 11 is 0. The molecule has 1 rings (SSSR count). The van der Waals surface area contributed by atoms with Crippen molar-refractivity contribution in [1.82, 2.24) is 4.90 Å². The summed E-state index contributed by atoms with van der Waals surface area (Å²) < 4.78 is 0. The Morgan fingerprint density at radius 1 is 1.56 bits per heavy atom. The van der Waals surface area contributed by atoms with Crippen LogP contribution in [0.25, 0.3) is 0 Å². The Morgan fingerprint density at radius 2 is 2.12 bits per heavy atom. The van der Waals surface area contributed by atoms with E-state index in [0.29, 0.717) is 19.4 Å². The number of nitrogens with zero attached hydrogens (tertiary/aromatic N) is 1. The van der Waals surface area contributed by atoms with Crippen LogP contribution >= 0.6 is 0 Å². The van der Waals surface area contributed by atoms with E-state index in [1.54, 1.807) is 13.8 Å². The van der Waals surface area contributed by atoms with Crippen molar-refractivity contribution < 1.29 is 14.7 Å². The Labute approximate surface area is 94.6 Å². The van der Waals surface area contributed by atoms with Gasteiger partial charge in [0.1, 0.15) is 5.54 Å². The first kappa shape index (κ1) is 12.9. The van der Waals surface area contributed by atoms with Gasteiger partial charge < -0.3 is 21.5 Å². The molecule has 0 aromatic rings. The van der Waals surface area contributed by atoms with Crippen LogP contribution in [0.4, 0.5) is 0 Å². The summed E-state index contributed by atoms with van der Waals surface area (Å²) in [6.45, 7) is 3.77. The standard InChI is InChI=1S/C10H19N3O3/c1-6(11)8(14)13-5-3-4-10(12,7(13)2)9(15)16/h6-7H,3-5,11-12H2,1-2H3,(H,15,16)/t6-,7-,10+/m0/s1. The average Bonchev–Trinajstić information content (AvgIpc) is 2.20. The third-order valence-corrected chi connectivity index (χ3v) is 3.27. The molecule has 6 heteroatoms. The number of carboxylic acids is 1. The molecule has 5 N–H and O–H groups in total. The Bertz CT molecular complexity index is 306. The van der Waals surface area contributed by atoms with Crippen LogP contribution in [0.2, 0.25) is 0 Å². The summed E-state index contributed by atoms with van der Waals surface area (Å²) in [6, 6.07) is -1.16. The largest absolute Gasteiger partial charge is 0.480 e. The molecule has 0 aromatic carbocycles. The number of carbonyl (C=O) groups is 2. The van der Waals surface area contributed by atoms with Crippen molar-refractivity contribution in [2.24, 2.45) is 11.5 Å². The first-order valence-corrected chi connectivity index (χ1v) is 5.39. The number of hydrogen-bond acceptors (Lipinski definition) is 4. The fraction of sp³-hybridized carbons (Fsp3) is 0.800. The zero-order chi connectivity index (χ0) is 12.5. The van der Waals surface area contributed by atoms with Crippen LogP contribution in [-0.2, 0) is 9.59 Å². The van der Waals surface area contributed by atoms with Gasteiger partial charge in [0, 0.05) is 6.54 Å². The molecule has 3 atom stereocenters. The highest BCUT2D eigenvalue weighted by Gasteiger charge is 2.46. The quantitative estimate of drug-likeness (QED) is 0.570. The molecule has 6 nitrogen and oxygen atoms in total. The molecule has 1 aliphatic rings. The average molecular weight is 229 g/mol. The minimum absolute atomic E-state index is 0.247. The van der Waals surface area contributed by atoms with E-state index in [1.165, 1.54) is 4.90 Å². The third-order valence-electron chi connectivity index (χ3n) is 3.27. The minimum atomic E-state index is -1.36. The van der Waals surface area contributed by atoms with E-state index >= 15 is 0 Å². The molecule has 0 saturated carbocycles. The topological polar surface area (TPSA) is 110 Å². The number of hydrogen-bond donors (Lipinski definition) is 3. The van der Waals surface area contributed by atoms with Gasteiger partial charge in [0.25, 0.3) is 0 Å². The molecule has 1 aliphatic heterocycles.